The molecule has 0 radical (unpaired) electrons. The third-order valence-corrected chi connectivity index (χ3v) is 4.16. The Labute approximate surface area is 134 Å². The minimum Gasteiger partial charge on any atom is -0.345 e. The third-order valence-electron chi connectivity index (χ3n) is 4.16. The van der Waals surface area contributed by atoms with Gasteiger partial charge in [-0.2, -0.15) is 0 Å². The molecule has 3 nitrogen and oxygen atoms in total. The topological polar surface area (TPSA) is 54.7 Å². The predicted octanol–water partition coefficient (Wildman–Crippen LogP) is 4.36. The number of H-pyrrole nitrogens is 1. The summed E-state index contributed by atoms with van der Waals surface area (Å²) in [5, 5.41) is 1.15. The first-order valence-electron chi connectivity index (χ1n) is 7.68. The highest BCUT2D eigenvalue weighted by Crippen LogP contribution is 2.35. The number of nitrogens with one attached hydrogen (secondary N) is 1. The van der Waals surface area contributed by atoms with Crippen LogP contribution in [0, 0.1) is 0 Å². The van der Waals surface area contributed by atoms with Gasteiger partial charge in [0.05, 0.1) is 0 Å². The van der Waals surface area contributed by atoms with Crippen LogP contribution in [-0.2, 0) is 6.54 Å². The summed E-state index contributed by atoms with van der Waals surface area (Å²) in [5.41, 5.74) is 12.5. The second-order valence-corrected chi connectivity index (χ2v) is 5.55. The maximum absolute atomic E-state index is 5.70. The van der Waals surface area contributed by atoms with Gasteiger partial charge in [-0.3, -0.25) is 0 Å². The van der Waals surface area contributed by atoms with E-state index in [-0.39, 0.29) is 0 Å². The van der Waals surface area contributed by atoms with Crippen LogP contribution in [0.4, 0.5) is 0 Å². The van der Waals surface area contributed by atoms with E-state index in [1.54, 1.807) is 0 Å². The van der Waals surface area contributed by atoms with Crippen molar-refractivity contribution in [2.75, 3.05) is 0 Å². The van der Waals surface area contributed by atoms with E-state index in [4.69, 9.17) is 5.73 Å². The molecule has 0 spiro atoms. The Morgan fingerprint density at radius 3 is 2.30 bits per heavy atom. The van der Waals surface area contributed by atoms with Crippen molar-refractivity contribution in [3.63, 3.8) is 0 Å². The fourth-order valence-corrected chi connectivity index (χ4v) is 2.96. The van der Waals surface area contributed by atoms with E-state index < -0.39 is 0 Å². The molecule has 4 rings (SSSR count). The number of aromatic amines is 1. The summed E-state index contributed by atoms with van der Waals surface area (Å²) in [7, 11) is 0. The molecule has 112 valence electrons. The number of hydrogen-bond donors (Lipinski definition) is 2. The Morgan fingerprint density at radius 1 is 0.826 bits per heavy atom. The van der Waals surface area contributed by atoms with E-state index in [1.165, 1.54) is 22.3 Å². The maximum atomic E-state index is 5.70. The van der Waals surface area contributed by atoms with Crippen molar-refractivity contribution in [1.29, 1.82) is 0 Å². The van der Waals surface area contributed by atoms with Crippen molar-refractivity contribution in [2.45, 2.75) is 6.54 Å². The Bertz CT molecular complexity index is 938. The molecule has 3 N–H and O–H groups in total. The van der Waals surface area contributed by atoms with Crippen LogP contribution in [0.5, 0.6) is 0 Å². The van der Waals surface area contributed by atoms with Gasteiger partial charge in [-0.1, -0.05) is 54.6 Å². The summed E-state index contributed by atoms with van der Waals surface area (Å²) >= 11 is 0. The highest BCUT2D eigenvalue weighted by atomic mass is 14.8. The van der Waals surface area contributed by atoms with Crippen molar-refractivity contribution < 1.29 is 0 Å². The van der Waals surface area contributed by atoms with Crippen LogP contribution in [0.15, 0.2) is 73.1 Å². The minimum atomic E-state index is 0.561. The van der Waals surface area contributed by atoms with Crippen molar-refractivity contribution >= 4 is 11.0 Å². The lowest BCUT2D eigenvalue weighted by Gasteiger charge is -2.07. The monoisotopic (exact) mass is 299 g/mol. The Kier molecular flexibility index (Phi) is 3.41. The number of rotatable bonds is 3. The van der Waals surface area contributed by atoms with Gasteiger partial charge < -0.3 is 10.7 Å². The minimum absolute atomic E-state index is 0.561. The Balaban J connectivity index is 1.94. The summed E-state index contributed by atoms with van der Waals surface area (Å²) in [6, 6.07) is 20.9. The number of benzene rings is 2. The van der Waals surface area contributed by atoms with Gasteiger partial charge in [0, 0.05) is 29.9 Å². The second kappa shape index (κ2) is 5.71. The first-order valence-corrected chi connectivity index (χ1v) is 7.68. The molecule has 0 aliphatic heterocycles. The average molecular weight is 299 g/mol. The number of nitrogens with two attached hydrogens (primary N) is 1. The zero-order valence-electron chi connectivity index (χ0n) is 12.7. The van der Waals surface area contributed by atoms with Crippen molar-refractivity contribution in [3.8, 4) is 22.3 Å². The lowest BCUT2D eigenvalue weighted by atomic mass is 9.97. The average Bonchev–Trinajstić information content (AvgIpc) is 3.07. The van der Waals surface area contributed by atoms with E-state index >= 15 is 0 Å². The Hall–Kier alpha value is -2.91. The molecule has 0 atom stereocenters. The molecule has 0 saturated carbocycles. The van der Waals surface area contributed by atoms with Crippen molar-refractivity contribution in [1.82, 2.24) is 9.97 Å². The number of hydrogen-bond acceptors (Lipinski definition) is 2. The van der Waals surface area contributed by atoms with E-state index in [9.17, 15) is 0 Å². The van der Waals surface area contributed by atoms with Gasteiger partial charge in [-0.15, -0.1) is 0 Å². The van der Waals surface area contributed by atoms with E-state index in [0.717, 1.165) is 16.6 Å². The molecule has 0 aliphatic rings. The number of nitrogens with zero attached hydrogens (tertiary/aromatic N) is 1. The molecule has 2 aromatic heterocycles. The normalized spacial score (nSPS) is 11.0. The van der Waals surface area contributed by atoms with Crippen LogP contribution in [0.25, 0.3) is 33.3 Å². The number of fused-ring (bicyclic) bond motifs is 1. The molecule has 0 fully saturated rings. The molecule has 0 amide bonds. The lowest BCUT2D eigenvalue weighted by Crippen LogP contribution is -1.95. The lowest BCUT2D eigenvalue weighted by molar-refractivity contribution is 1.07. The molecule has 0 bridgehead atoms. The zero-order chi connectivity index (χ0) is 15.6. The van der Waals surface area contributed by atoms with Crippen LogP contribution >= 0.6 is 0 Å². The first kappa shape index (κ1) is 13.7. The summed E-state index contributed by atoms with van der Waals surface area (Å²) in [6.07, 6.45) is 3.88. The molecule has 0 saturated heterocycles. The summed E-state index contributed by atoms with van der Waals surface area (Å²) in [4.78, 5) is 7.76. The standard InChI is InChI=1S/C20H17N3/c21-12-14-6-8-16(9-7-14)17-10-11-22-20-19(17)18(13-23-20)15-4-2-1-3-5-15/h1-11,13H,12,21H2,(H,22,23). The maximum Gasteiger partial charge on any atom is 0.138 e. The fraction of sp³-hybridized carbons (Fsp3) is 0.0500. The molecular formula is C20H17N3. The Morgan fingerprint density at radius 2 is 1.57 bits per heavy atom. The molecule has 2 aromatic carbocycles. The largest absolute Gasteiger partial charge is 0.345 e. The van der Waals surface area contributed by atoms with Gasteiger partial charge in [-0.25, -0.2) is 4.98 Å². The van der Waals surface area contributed by atoms with Gasteiger partial charge in [0.2, 0.25) is 0 Å². The van der Waals surface area contributed by atoms with Crippen LogP contribution < -0.4 is 5.73 Å². The van der Waals surface area contributed by atoms with E-state index in [2.05, 4.69) is 64.6 Å². The van der Waals surface area contributed by atoms with Gasteiger partial charge in [0.25, 0.3) is 0 Å². The summed E-state index contributed by atoms with van der Waals surface area (Å²) < 4.78 is 0. The molecular weight excluding hydrogens is 282 g/mol. The van der Waals surface area contributed by atoms with Gasteiger partial charge in [-0.05, 0) is 28.3 Å². The quantitative estimate of drug-likeness (QED) is 0.590. The highest BCUT2D eigenvalue weighted by Gasteiger charge is 2.12. The third kappa shape index (κ3) is 2.41. The van der Waals surface area contributed by atoms with Gasteiger partial charge in [0.15, 0.2) is 0 Å². The van der Waals surface area contributed by atoms with Crippen molar-refractivity contribution in [2.24, 2.45) is 5.73 Å². The van der Waals surface area contributed by atoms with Crippen molar-refractivity contribution in [3.05, 3.63) is 78.6 Å². The molecule has 3 heteroatoms. The SMILES string of the molecule is NCc1ccc(-c2ccnc3[nH]cc(-c4ccccc4)c23)cc1. The molecule has 2 heterocycles. The first-order chi connectivity index (χ1) is 11.4. The van der Waals surface area contributed by atoms with Crippen LogP contribution in [0.3, 0.4) is 0 Å². The zero-order valence-corrected chi connectivity index (χ0v) is 12.7. The number of aromatic nitrogens is 2. The van der Waals surface area contributed by atoms with Crippen LogP contribution in [-0.4, -0.2) is 9.97 Å². The van der Waals surface area contributed by atoms with Crippen LogP contribution in [0.1, 0.15) is 5.56 Å². The fourth-order valence-electron chi connectivity index (χ4n) is 2.96. The van der Waals surface area contributed by atoms with Gasteiger partial charge in [0.1, 0.15) is 5.65 Å². The number of pyridine rings is 1. The smallest absolute Gasteiger partial charge is 0.138 e. The summed E-state index contributed by atoms with van der Waals surface area (Å²) in [6.45, 7) is 0.561. The predicted molar refractivity (Wildman–Crippen MR) is 94.9 cm³/mol. The molecule has 23 heavy (non-hydrogen) atoms. The van der Waals surface area contributed by atoms with E-state index in [0.29, 0.717) is 6.54 Å². The van der Waals surface area contributed by atoms with Gasteiger partial charge >= 0.3 is 0 Å². The highest BCUT2D eigenvalue weighted by molar-refractivity contribution is 6.03. The van der Waals surface area contributed by atoms with E-state index in [1.807, 2.05) is 18.5 Å². The molecule has 0 aliphatic carbocycles. The second-order valence-electron chi connectivity index (χ2n) is 5.55. The molecule has 4 aromatic rings. The van der Waals surface area contributed by atoms with Crippen LogP contribution in [0.2, 0.25) is 0 Å². The summed E-state index contributed by atoms with van der Waals surface area (Å²) in [5.74, 6) is 0. The molecule has 0 unspecified atom stereocenters.